The zero-order valence-electron chi connectivity index (χ0n) is 10.5. The van der Waals surface area contributed by atoms with Crippen LogP contribution in [-0.2, 0) is 12.8 Å². The molecule has 0 saturated heterocycles. The van der Waals surface area contributed by atoms with Gasteiger partial charge in [-0.2, -0.15) is 5.10 Å². The summed E-state index contributed by atoms with van der Waals surface area (Å²) in [7, 11) is 0. The third kappa shape index (κ3) is 1.91. The smallest absolute Gasteiger partial charge is 0.307 e. The van der Waals surface area contributed by atoms with Gasteiger partial charge in [-0.3, -0.25) is 15.5 Å². The van der Waals surface area contributed by atoms with Gasteiger partial charge in [-0.1, -0.05) is 0 Å². The zero-order chi connectivity index (χ0) is 14.3. The van der Waals surface area contributed by atoms with Gasteiger partial charge in [0.2, 0.25) is 0 Å². The van der Waals surface area contributed by atoms with E-state index < -0.39 is 4.92 Å². The quantitative estimate of drug-likeness (QED) is 0.372. The monoisotopic (exact) mass is 272 g/mol. The molecule has 20 heavy (non-hydrogen) atoms. The minimum Gasteiger partial charge on any atom is -0.384 e. The van der Waals surface area contributed by atoms with Gasteiger partial charge in [-0.05, 0) is 30.9 Å². The Kier molecular flexibility index (Phi) is 2.70. The second-order valence-electron chi connectivity index (χ2n) is 4.63. The summed E-state index contributed by atoms with van der Waals surface area (Å²) < 4.78 is 1.30. The lowest BCUT2D eigenvalue weighted by molar-refractivity contribution is -0.384. The number of rotatable bonds is 3. The van der Waals surface area contributed by atoms with Crippen molar-refractivity contribution in [2.45, 2.75) is 19.3 Å². The lowest BCUT2D eigenvalue weighted by atomic mass is 10.1. The summed E-state index contributed by atoms with van der Waals surface area (Å²) >= 11 is 0. The highest BCUT2D eigenvalue weighted by Gasteiger charge is 2.20. The van der Waals surface area contributed by atoms with E-state index in [2.05, 4.69) is 10.1 Å². The minimum atomic E-state index is -0.524. The van der Waals surface area contributed by atoms with Gasteiger partial charge in [-0.25, -0.2) is 9.67 Å². The molecule has 1 aliphatic rings. The van der Waals surface area contributed by atoms with Crippen molar-refractivity contribution in [1.29, 1.82) is 5.41 Å². The van der Waals surface area contributed by atoms with E-state index in [1.54, 1.807) is 0 Å². The van der Waals surface area contributed by atoms with Crippen molar-refractivity contribution in [2.75, 3.05) is 0 Å². The zero-order valence-corrected chi connectivity index (χ0v) is 10.5. The maximum absolute atomic E-state index is 10.7. The normalized spacial score (nSPS) is 13.2. The number of nitrogens with two attached hydrogens (primary N) is 1. The molecule has 0 bridgehead atoms. The van der Waals surface area contributed by atoms with Crippen LogP contribution < -0.4 is 5.73 Å². The fourth-order valence-electron chi connectivity index (χ4n) is 2.36. The third-order valence-corrected chi connectivity index (χ3v) is 3.32. The molecule has 0 unspecified atom stereocenters. The standard InChI is InChI=1S/C12H12N6O2/c13-11(14)9-4-7-2-1-3-10(7)16-12(9)17-6-8(5-15-17)18(19)20/h4-6H,1-3H2,(H3,13,14). The summed E-state index contributed by atoms with van der Waals surface area (Å²) in [5.74, 6) is 0.242. The second kappa shape index (κ2) is 4.41. The van der Waals surface area contributed by atoms with Crippen LogP contribution in [0.3, 0.4) is 0 Å². The molecule has 0 radical (unpaired) electrons. The highest BCUT2D eigenvalue weighted by Crippen LogP contribution is 2.25. The molecule has 8 nitrogen and oxygen atoms in total. The molecular formula is C12H12N6O2. The van der Waals surface area contributed by atoms with Gasteiger partial charge in [0.25, 0.3) is 0 Å². The summed E-state index contributed by atoms with van der Waals surface area (Å²) in [6.45, 7) is 0. The molecular weight excluding hydrogens is 260 g/mol. The Bertz CT molecular complexity index is 721. The van der Waals surface area contributed by atoms with Crippen molar-refractivity contribution in [3.05, 3.63) is 45.4 Å². The van der Waals surface area contributed by atoms with E-state index in [4.69, 9.17) is 11.1 Å². The first-order valence-electron chi connectivity index (χ1n) is 6.13. The predicted molar refractivity (Wildman–Crippen MR) is 71.1 cm³/mol. The fourth-order valence-corrected chi connectivity index (χ4v) is 2.36. The van der Waals surface area contributed by atoms with Gasteiger partial charge in [0.05, 0.1) is 10.5 Å². The lowest BCUT2D eigenvalue weighted by Gasteiger charge is -2.10. The number of aromatic nitrogens is 3. The summed E-state index contributed by atoms with van der Waals surface area (Å²) in [4.78, 5) is 14.7. The van der Waals surface area contributed by atoms with Crippen molar-refractivity contribution < 1.29 is 4.92 Å². The maximum Gasteiger partial charge on any atom is 0.307 e. The summed E-state index contributed by atoms with van der Waals surface area (Å²) in [6, 6.07) is 1.83. The van der Waals surface area contributed by atoms with Crippen molar-refractivity contribution in [3.63, 3.8) is 0 Å². The summed E-state index contributed by atoms with van der Waals surface area (Å²) in [5.41, 5.74) is 7.94. The highest BCUT2D eigenvalue weighted by atomic mass is 16.6. The summed E-state index contributed by atoms with van der Waals surface area (Å²) in [6.07, 6.45) is 5.23. The molecule has 0 atom stereocenters. The first kappa shape index (κ1) is 12.3. The number of hydrogen-bond acceptors (Lipinski definition) is 5. The van der Waals surface area contributed by atoms with Crippen LogP contribution >= 0.6 is 0 Å². The first-order valence-corrected chi connectivity index (χ1v) is 6.13. The van der Waals surface area contributed by atoms with Crippen molar-refractivity contribution >= 4 is 11.5 Å². The van der Waals surface area contributed by atoms with Gasteiger partial charge in [-0.15, -0.1) is 0 Å². The Morgan fingerprint density at radius 1 is 1.50 bits per heavy atom. The predicted octanol–water partition coefficient (Wildman–Crippen LogP) is 0.948. The van der Waals surface area contributed by atoms with Crippen molar-refractivity contribution in [2.24, 2.45) is 5.73 Å². The molecule has 0 aromatic carbocycles. The molecule has 3 rings (SSSR count). The van der Waals surface area contributed by atoms with Gasteiger partial charge >= 0.3 is 5.69 Å². The molecule has 1 aliphatic carbocycles. The Labute approximate surface area is 113 Å². The number of nitrogen functional groups attached to an aromatic ring is 1. The number of pyridine rings is 1. The van der Waals surface area contributed by atoms with Crippen LogP contribution in [0.15, 0.2) is 18.5 Å². The van der Waals surface area contributed by atoms with Crippen LogP contribution in [0, 0.1) is 15.5 Å². The van der Waals surface area contributed by atoms with Crippen molar-refractivity contribution in [1.82, 2.24) is 14.8 Å². The Balaban J connectivity index is 2.16. The number of amidine groups is 1. The Hall–Kier alpha value is -2.77. The van der Waals surface area contributed by atoms with Crippen LogP contribution in [0.25, 0.3) is 5.82 Å². The van der Waals surface area contributed by atoms with Crippen molar-refractivity contribution in [3.8, 4) is 5.82 Å². The second-order valence-corrected chi connectivity index (χ2v) is 4.63. The first-order chi connectivity index (χ1) is 9.56. The molecule has 0 spiro atoms. The Morgan fingerprint density at radius 3 is 2.95 bits per heavy atom. The molecule has 0 saturated carbocycles. The molecule has 2 aromatic rings. The van der Waals surface area contributed by atoms with Crippen LogP contribution in [0.2, 0.25) is 0 Å². The number of nitrogens with zero attached hydrogens (tertiary/aromatic N) is 4. The molecule has 2 heterocycles. The number of fused-ring (bicyclic) bond motifs is 1. The molecule has 0 amide bonds. The summed E-state index contributed by atoms with van der Waals surface area (Å²) in [5, 5.41) is 22.3. The molecule has 0 fully saturated rings. The minimum absolute atomic E-state index is 0.123. The molecule has 0 aliphatic heterocycles. The van der Waals surface area contributed by atoms with Gasteiger partial charge < -0.3 is 5.73 Å². The average molecular weight is 272 g/mol. The number of aryl methyl sites for hydroxylation is 2. The van der Waals surface area contributed by atoms with Crippen LogP contribution in [0.1, 0.15) is 23.2 Å². The van der Waals surface area contributed by atoms with E-state index in [9.17, 15) is 10.1 Å². The topological polar surface area (TPSA) is 124 Å². The third-order valence-electron chi connectivity index (χ3n) is 3.32. The maximum atomic E-state index is 10.7. The average Bonchev–Trinajstić information content (AvgIpc) is 3.05. The van der Waals surface area contributed by atoms with Crippen LogP contribution in [0.4, 0.5) is 5.69 Å². The largest absolute Gasteiger partial charge is 0.384 e. The van der Waals surface area contributed by atoms with Crippen LogP contribution in [-0.4, -0.2) is 25.5 Å². The number of nitrogens with one attached hydrogen (secondary N) is 1. The number of hydrogen-bond donors (Lipinski definition) is 2. The van der Waals surface area contributed by atoms with Crippen LogP contribution in [0.5, 0.6) is 0 Å². The van der Waals surface area contributed by atoms with E-state index in [1.807, 2.05) is 6.07 Å². The Morgan fingerprint density at radius 2 is 2.30 bits per heavy atom. The van der Waals surface area contributed by atoms with E-state index in [1.165, 1.54) is 10.9 Å². The van der Waals surface area contributed by atoms with Gasteiger partial charge in [0, 0.05) is 5.69 Å². The highest BCUT2D eigenvalue weighted by molar-refractivity contribution is 5.98. The molecule has 102 valence electrons. The van der Waals surface area contributed by atoms with E-state index >= 15 is 0 Å². The van der Waals surface area contributed by atoms with Gasteiger partial charge in [0.15, 0.2) is 5.82 Å². The SMILES string of the molecule is N=C(N)c1cc2c(nc1-n1cc([N+](=O)[O-])cn1)CCC2. The molecule has 8 heteroatoms. The fraction of sp³-hybridized carbons (Fsp3) is 0.250. The van der Waals surface area contributed by atoms with E-state index in [0.29, 0.717) is 11.4 Å². The lowest BCUT2D eigenvalue weighted by Crippen LogP contribution is -2.17. The number of nitro groups is 1. The molecule has 2 aromatic heterocycles. The van der Waals surface area contributed by atoms with E-state index in [0.717, 1.165) is 36.7 Å². The van der Waals surface area contributed by atoms with Gasteiger partial charge in [0.1, 0.15) is 18.2 Å². The molecule has 3 N–H and O–H groups in total. The van der Waals surface area contributed by atoms with E-state index in [-0.39, 0.29) is 11.5 Å².